The molecule has 0 aromatic heterocycles. The van der Waals surface area contributed by atoms with E-state index in [1.165, 1.54) is 32.1 Å². The molecule has 0 aliphatic carbocycles. The number of hydrogen-bond donors (Lipinski definition) is 3. The third-order valence-electron chi connectivity index (χ3n) is 5.44. The summed E-state index contributed by atoms with van der Waals surface area (Å²) in [6.07, 6.45) is 5.56. The zero-order valence-corrected chi connectivity index (χ0v) is 21.1. The highest BCUT2D eigenvalue weighted by molar-refractivity contribution is 8.03. The summed E-state index contributed by atoms with van der Waals surface area (Å²) in [6.45, 7) is 2.89. The van der Waals surface area contributed by atoms with E-state index >= 15 is 0 Å². The summed E-state index contributed by atoms with van der Waals surface area (Å²) in [7, 11) is 0. The summed E-state index contributed by atoms with van der Waals surface area (Å²) >= 11 is 1.82. The SMILES string of the molecule is C=NN.N/C=C\C(=C1/Cc2ccccc2S1)c1ccc(N)cc1.c1ccc(Cc2ccccc2)cc1. The molecule has 1 aliphatic rings. The van der Waals surface area contributed by atoms with Gasteiger partial charge in [-0.05, 0) is 64.7 Å². The lowest BCUT2D eigenvalue weighted by Crippen LogP contribution is -1.90. The van der Waals surface area contributed by atoms with E-state index in [1.807, 2.05) is 42.1 Å². The Balaban J connectivity index is 0.000000194. The topological polar surface area (TPSA) is 90.4 Å². The van der Waals surface area contributed by atoms with Crippen LogP contribution in [0.5, 0.6) is 0 Å². The van der Waals surface area contributed by atoms with Crippen LogP contribution in [0.25, 0.3) is 5.57 Å². The Hall–Kier alpha value is -4.22. The number of thioether (sulfide) groups is 1. The standard InChI is InChI=1S/C17H16N2S.C13H12.CH4N2/c18-10-9-15(12-5-7-14(19)8-6-12)17-11-13-3-1-2-4-16(13)20-17;1-3-7-12(8-4-1)11-13-9-5-2-6-10-13;1-3-2/h1-10H,11,18-19H2;1-10H,11H2;1-2H2/b10-9-,17-15-;;. The summed E-state index contributed by atoms with van der Waals surface area (Å²) in [5, 5.41) is 2.75. The van der Waals surface area contributed by atoms with Crippen molar-refractivity contribution in [3.8, 4) is 0 Å². The lowest BCUT2D eigenvalue weighted by Gasteiger charge is -2.07. The zero-order chi connectivity index (χ0) is 25.6. The van der Waals surface area contributed by atoms with Gasteiger partial charge in [0, 0.05) is 28.6 Å². The number of benzene rings is 4. The van der Waals surface area contributed by atoms with Gasteiger partial charge in [0.1, 0.15) is 0 Å². The number of allylic oxidation sites excluding steroid dienone is 3. The van der Waals surface area contributed by atoms with Crippen LogP contribution in [-0.2, 0) is 12.8 Å². The Bertz CT molecular complexity index is 1220. The molecular weight excluding hydrogens is 460 g/mol. The van der Waals surface area contributed by atoms with E-state index < -0.39 is 0 Å². The van der Waals surface area contributed by atoms with Gasteiger partial charge in [-0.15, -0.1) is 0 Å². The summed E-state index contributed by atoms with van der Waals surface area (Å²) in [4.78, 5) is 2.67. The van der Waals surface area contributed by atoms with Crippen molar-refractivity contribution in [1.82, 2.24) is 0 Å². The highest BCUT2D eigenvalue weighted by Crippen LogP contribution is 2.43. The summed E-state index contributed by atoms with van der Waals surface area (Å²) < 4.78 is 0. The van der Waals surface area contributed by atoms with Gasteiger partial charge in [0.25, 0.3) is 0 Å². The first-order valence-electron chi connectivity index (χ1n) is 11.6. The van der Waals surface area contributed by atoms with E-state index in [4.69, 9.17) is 11.5 Å². The van der Waals surface area contributed by atoms with Gasteiger partial charge in [-0.2, -0.15) is 5.10 Å². The van der Waals surface area contributed by atoms with Crippen LogP contribution >= 0.6 is 11.8 Å². The van der Waals surface area contributed by atoms with Gasteiger partial charge in [0.15, 0.2) is 0 Å². The third-order valence-corrected chi connectivity index (χ3v) is 6.66. The molecule has 0 saturated carbocycles. The fraction of sp³-hybridized carbons (Fsp3) is 0.0645. The first-order valence-corrected chi connectivity index (χ1v) is 12.4. The van der Waals surface area contributed by atoms with Crippen LogP contribution in [0.3, 0.4) is 0 Å². The number of fused-ring (bicyclic) bond motifs is 1. The maximum atomic E-state index is 5.76. The van der Waals surface area contributed by atoms with E-state index in [2.05, 4.69) is 103 Å². The number of hydrazone groups is 1. The highest BCUT2D eigenvalue weighted by Gasteiger charge is 2.19. The van der Waals surface area contributed by atoms with Crippen LogP contribution in [-0.4, -0.2) is 6.72 Å². The lowest BCUT2D eigenvalue weighted by molar-refractivity contribution is 1.19. The minimum atomic E-state index is 0.775. The molecule has 6 N–H and O–H groups in total. The van der Waals surface area contributed by atoms with Gasteiger partial charge in [0.2, 0.25) is 0 Å². The molecule has 5 heteroatoms. The van der Waals surface area contributed by atoms with Crippen molar-refractivity contribution in [2.75, 3.05) is 5.73 Å². The Morgan fingerprint density at radius 1 is 0.806 bits per heavy atom. The van der Waals surface area contributed by atoms with Crippen molar-refractivity contribution in [2.24, 2.45) is 16.7 Å². The van der Waals surface area contributed by atoms with Crippen molar-refractivity contribution in [1.29, 1.82) is 0 Å². The van der Waals surface area contributed by atoms with E-state index in [0.717, 1.165) is 24.1 Å². The second-order valence-corrected chi connectivity index (χ2v) is 9.17. The number of rotatable bonds is 4. The molecule has 1 heterocycles. The highest BCUT2D eigenvalue weighted by atomic mass is 32.2. The Labute approximate surface area is 218 Å². The largest absolute Gasteiger partial charge is 0.405 e. The van der Waals surface area contributed by atoms with Crippen LogP contribution < -0.4 is 17.3 Å². The molecule has 0 atom stereocenters. The van der Waals surface area contributed by atoms with Crippen molar-refractivity contribution in [3.05, 3.63) is 149 Å². The third kappa shape index (κ3) is 7.93. The average Bonchev–Trinajstić information content (AvgIpc) is 3.34. The lowest BCUT2D eigenvalue weighted by atomic mass is 10.0. The Morgan fingerprint density at radius 3 is 1.86 bits per heavy atom. The minimum Gasteiger partial charge on any atom is -0.405 e. The summed E-state index contributed by atoms with van der Waals surface area (Å²) in [6, 6.07) is 37.5. The molecule has 0 spiro atoms. The second-order valence-electron chi connectivity index (χ2n) is 8.04. The van der Waals surface area contributed by atoms with Crippen LogP contribution in [0.15, 0.2) is 136 Å². The number of nitrogens with two attached hydrogens (primary N) is 3. The predicted molar refractivity (Wildman–Crippen MR) is 157 cm³/mol. The fourth-order valence-corrected chi connectivity index (χ4v) is 4.98. The van der Waals surface area contributed by atoms with Crippen molar-refractivity contribution < 1.29 is 0 Å². The first kappa shape index (κ1) is 26.4. The molecule has 0 fully saturated rings. The van der Waals surface area contributed by atoms with E-state index in [0.29, 0.717) is 0 Å². The molecule has 1 aliphatic heterocycles. The molecule has 0 unspecified atom stereocenters. The number of anilines is 1. The fourth-order valence-electron chi connectivity index (χ4n) is 3.78. The summed E-state index contributed by atoms with van der Waals surface area (Å²) in [5.41, 5.74) is 18.6. The number of hydrogen-bond acceptors (Lipinski definition) is 5. The molecule has 36 heavy (non-hydrogen) atoms. The molecule has 4 aromatic carbocycles. The monoisotopic (exact) mass is 492 g/mol. The quantitative estimate of drug-likeness (QED) is 0.129. The van der Waals surface area contributed by atoms with E-state index in [-0.39, 0.29) is 0 Å². The molecule has 182 valence electrons. The van der Waals surface area contributed by atoms with Gasteiger partial charge in [-0.3, -0.25) is 0 Å². The van der Waals surface area contributed by atoms with Gasteiger partial charge in [0.05, 0.1) is 0 Å². The normalized spacial score (nSPS) is 13.0. The number of nitrogen functional groups attached to an aromatic ring is 1. The van der Waals surface area contributed by atoms with E-state index in [9.17, 15) is 0 Å². The van der Waals surface area contributed by atoms with Gasteiger partial charge >= 0.3 is 0 Å². The molecular formula is C31H32N4S. The Morgan fingerprint density at radius 2 is 1.33 bits per heavy atom. The van der Waals surface area contributed by atoms with Crippen molar-refractivity contribution >= 4 is 29.7 Å². The van der Waals surface area contributed by atoms with Crippen LogP contribution in [0.2, 0.25) is 0 Å². The van der Waals surface area contributed by atoms with E-state index in [1.54, 1.807) is 6.20 Å². The molecule has 0 bridgehead atoms. The smallest absolute Gasteiger partial charge is 0.0314 e. The number of nitrogens with zero attached hydrogens (tertiary/aromatic N) is 1. The van der Waals surface area contributed by atoms with Crippen molar-refractivity contribution in [2.45, 2.75) is 17.7 Å². The zero-order valence-electron chi connectivity index (χ0n) is 20.3. The maximum Gasteiger partial charge on any atom is 0.0314 e. The molecule has 0 radical (unpaired) electrons. The van der Waals surface area contributed by atoms with Crippen molar-refractivity contribution in [3.63, 3.8) is 0 Å². The molecule has 4 aromatic rings. The average molecular weight is 493 g/mol. The minimum absolute atomic E-state index is 0.775. The molecule has 0 saturated heterocycles. The first-order chi connectivity index (χ1) is 17.6. The molecule has 4 nitrogen and oxygen atoms in total. The molecule has 0 amide bonds. The second kappa shape index (κ2) is 14.2. The molecule has 5 rings (SSSR count). The van der Waals surface area contributed by atoms with Gasteiger partial charge < -0.3 is 17.3 Å². The predicted octanol–water partition coefficient (Wildman–Crippen LogP) is 6.64. The maximum absolute atomic E-state index is 5.76. The van der Waals surface area contributed by atoms with Gasteiger partial charge in [-0.25, -0.2) is 0 Å². The van der Waals surface area contributed by atoms with Gasteiger partial charge in [-0.1, -0.05) is 103 Å². The van der Waals surface area contributed by atoms with Crippen LogP contribution in [0.1, 0.15) is 22.3 Å². The van der Waals surface area contributed by atoms with Crippen LogP contribution in [0.4, 0.5) is 5.69 Å². The Kier molecular flexibility index (Phi) is 10.4. The summed E-state index contributed by atoms with van der Waals surface area (Å²) in [5.74, 6) is 4.36. The van der Waals surface area contributed by atoms with Crippen LogP contribution in [0, 0.1) is 0 Å².